The van der Waals surface area contributed by atoms with Gasteiger partial charge in [-0.3, -0.25) is 9.69 Å². The molecule has 2 aliphatic heterocycles. The van der Waals surface area contributed by atoms with Gasteiger partial charge >= 0.3 is 0 Å². The molecule has 0 bridgehead atoms. The zero-order valence-corrected chi connectivity index (χ0v) is 14.6. The first-order chi connectivity index (χ1) is 12.3. The van der Waals surface area contributed by atoms with Crippen molar-refractivity contribution in [2.75, 3.05) is 27.0 Å². The maximum absolute atomic E-state index is 11.1. The van der Waals surface area contributed by atoms with Crippen LogP contribution in [-0.2, 0) is 20.7 Å². The normalized spacial score (nSPS) is 27.1. The highest BCUT2D eigenvalue weighted by atomic mass is 16.7. The van der Waals surface area contributed by atoms with Gasteiger partial charge in [0, 0.05) is 18.5 Å². The minimum Gasteiger partial charge on any atom is -0.497 e. The van der Waals surface area contributed by atoms with E-state index in [0.717, 1.165) is 43.0 Å². The van der Waals surface area contributed by atoms with Gasteiger partial charge in [-0.2, -0.15) is 0 Å². The van der Waals surface area contributed by atoms with Crippen LogP contribution in [0.5, 0.6) is 11.5 Å². The van der Waals surface area contributed by atoms with E-state index in [4.69, 9.17) is 18.9 Å². The van der Waals surface area contributed by atoms with E-state index in [1.807, 2.05) is 0 Å². The van der Waals surface area contributed by atoms with Gasteiger partial charge in [0.05, 0.1) is 7.11 Å². The molecule has 6 nitrogen and oxygen atoms in total. The van der Waals surface area contributed by atoms with E-state index in [-0.39, 0.29) is 18.8 Å². The topological polar surface area (TPSA) is 57.2 Å². The van der Waals surface area contributed by atoms with Crippen molar-refractivity contribution in [2.45, 2.75) is 37.8 Å². The average Bonchev–Trinajstić information content (AvgIpc) is 3.18. The van der Waals surface area contributed by atoms with Crippen molar-refractivity contribution in [1.82, 2.24) is 4.90 Å². The molecular weight excluding hydrogens is 322 g/mol. The first-order valence-corrected chi connectivity index (χ1v) is 8.78. The summed E-state index contributed by atoms with van der Waals surface area (Å²) < 4.78 is 22.1. The Morgan fingerprint density at radius 1 is 1.32 bits per heavy atom. The maximum atomic E-state index is 11.1. The molecule has 1 aromatic carbocycles. The Bertz CT molecular complexity index is 701. The zero-order valence-electron chi connectivity index (χ0n) is 14.6. The summed E-state index contributed by atoms with van der Waals surface area (Å²) >= 11 is 0. The van der Waals surface area contributed by atoms with Crippen LogP contribution in [0.15, 0.2) is 24.0 Å². The fourth-order valence-corrected chi connectivity index (χ4v) is 4.29. The van der Waals surface area contributed by atoms with Crippen molar-refractivity contribution >= 4 is 6.47 Å². The quantitative estimate of drug-likeness (QED) is 0.763. The van der Waals surface area contributed by atoms with Gasteiger partial charge in [-0.15, -0.1) is 0 Å². The molecule has 0 N–H and O–H groups in total. The summed E-state index contributed by atoms with van der Waals surface area (Å²) in [6.07, 6.45) is 3.69. The number of carbonyl (C=O) groups excluding carboxylic acids is 1. The Labute approximate surface area is 147 Å². The van der Waals surface area contributed by atoms with Gasteiger partial charge in [-0.25, -0.2) is 0 Å². The predicted octanol–water partition coefficient (Wildman–Crippen LogP) is 2.22. The Morgan fingerprint density at radius 2 is 2.12 bits per heavy atom. The van der Waals surface area contributed by atoms with E-state index in [1.165, 1.54) is 5.56 Å². The standard InChI is InChI=1S/C19H23NO5/c1-3-5-20-6-4-12-7-15-16(25-11-24-15)8-13(12)18-14(20)9-17(22-2)19(18)23-10-21/h7-10,14,18-19H,3-6,11H2,1-2H3. The van der Waals surface area contributed by atoms with Gasteiger partial charge < -0.3 is 18.9 Å². The monoisotopic (exact) mass is 345 g/mol. The molecule has 3 atom stereocenters. The lowest BCUT2D eigenvalue weighted by Gasteiger charge is -2.31. The summed E-state index contributed by atoms with van der Waals surface area (Å²) in [4.78, 5) is 13.6. The number of rotatable bonds is 5. The number of hydrogen-bond donors (Lipinski definition) is 0. The van der Waals surface area contributed by atoms with E-state index in [9.17, 15) is 4.79 Å². The number of ether oxygens (including phenoxy) is 4. The SMILES string of the molecule is CCCN1CCc2cc3c(cc2C2C(OC=O)C(OC)=CC21)OCO3. The molecule has 0 fully saturated rings. The third kappa shape index (κ3) is 2.65. The van der Waals surface area contributed by atoms with Gasteiger partial charge in [0.25, 0.3) is 6.47 Å². The van der Waals surface area contributed by atoms with Crippen LogP contribution in [-0.4, -0.2) is 50.5 Å². The van der Waals surface area contributed by atoms with E-state index in [2.05, 4.69) is 30.0 Å². The van der Waals surface area contributed by atoms with Crippen LogP contribution in [0.2, 0.25) is 0 Å². The van der Waals surface area contributed by atoms with Crippen LogP contribution in [0.25, 0.3) is 0 Å². The zero-order chi connectivity index (χ0) is 17.4. The first-order valence-electron chi connectivity index (χ1n) is 8.78. The fraction of sp³-hybridized carbons (Fsp3) is 0.526. The van der Waals surface area contributed by atoms with Crippen LogP contribution in [0.4, 0.5) is 0 Å². The Hall–Kier alpha value is -2.21. The van der Waals surface area contributed by atoms with Crippen molar-refractivity contribution in [3.8, 4) is 11.5 Å². The molecule has 1 aromatic rings. The summed E-state index contributed by atoms with van der Waals surface area (Å²) in [6.45, 7) is 4.89. The molecule has 0 saturated carbocycles. The second-order valence-electron chi connectivity index (χ2n) is 6.63. The Morgan fingerprint density at radius 3 is 2.84 bits per heavy atom. The van der Waals surface area contributed by atoms with Crippen LogP contribution >= 0.6 is 0 Å². The summed E-state index contributed by atoms with van der Waals surface area (Å²) in [5.41, 5.74) is 2.38. The minimum absolute atomic E-state index is 0.00120. The van der Waals surface area contributed by atoms with Gasteiger partial charge in [0.2, 0.25) is 6.79 Å². The van der Waals surface area contributed by atoms with Crippen LogP contribution in [0.3, 0.4) is 0 Å². The Kier molecular flexibility index (Phi) is 4.29. The van der Waals surface area contributed by atoms with Crippen molar-refractivity contribution in [3.05, 3.63) is 35.1 Å². The lowest BCUT2D eigenvalue weighted by atomic mass is 9.87. The summed E-state index contributed by atoms with van der Waals surface area (Å²) in [6, 6.07) is 4.27. The van der Waals surface area contributed by atoms with Crippen molar-refractivity contribution < 1.29 is 23.7 Å². The molecule has 3 aliphatic rings. The van der Waals surface area contributed by atoms with Crippen LogP contribution in [0, 0.1) is 0 Å². The minimum atomic E-state index is -0.413. The Balaban J connectivity index is 1.81. The first kappa shape index (κ1) is 16.3. The molecule has 6 heteroatoms. The molecule has 0 aromatic heterocycles. The van der Waals surface area contributed by atoms with Crippen molar-refractivity contribution in [2.24, 2.45) is 0 Å². The highest BCUT2D eigenvalue weighted by molar-refractivity contribution is 5.53. The van der Waals surface area contributed by atoms with Gasteiger partial charge in [-0.1, -0.05) is 6.92 Å². The summed E-state index contributed by atoms with van der Waals surface area (Å²) in [7, 11) is 1.63. The molecule has 0 amide bonds. The number of methoxy groups -OCH3 is 1. The van der Waals surface area contributed by atoms with Gasteiger partial charge in [-0.05, 0) is 48.7 Å². The summed E-state index contributed by atoms with van der Waals surface area (Å²) in [5.74, 6) is 2.27. The average molecular weight is 345 g/mol. The maximum Gasteiger partial charge on any atom is 0.293 e. The van der Waals surface area contributed by atoms with Gasteiger partial charge in [0.15, 0.2) is 17.6 Å². The third-order valence-corrected chi connectivity index (χ3v) is 5.34. The number of benzene rings is 1. The third-order valence-electron chi connectivity index (χ3n) is 5.34. The number of fused-ring (bicyclic) bond motifs is 4. The fourth-order valence-electron chi connectivity index (χ4n) is 4.29. The largest absolute Gasteiger partial charge is 0.497 e. The molecule has 134 valence electrons. The highest BCUT2D eigenvalue weighted by Crippen LogP contribution is 2.46. The van der Waals surface area contributed by atoms with E-state index >= 15 is 0 Å². The molecular formula is C19H23NO5. The van der Waals surface area contributed by atoms with E-state index in [0.29, 0.717) is 12.2 Å². The highest BCUT2D eigenvalue weighted by Gasteiger charge is 2.46. The number of nitrogens with zero attached hydrogens (tertiary/aromatic N) is 1. The van der Waals surface area contributed by atoms with Crippen molar-refractivity contribution in [3.63, 3.8) is 0 Å². The molecule has 0 radical (unpaired) electrons. The van der Waals surface area contributed by atoms with E-state index < -0.39 is 6.10 Å². The lowest BCUT2D eigenvalue weighted by molar-refractivity contribution is -0.134. The van der Waals surface area contributed by atoms with Gasteiger partial charge in [0.1, 0.15) is 5.76 Å². The molecule has 0 saturated heterocycles. The molecule has 1 aliphatic carbocycles. The second-order valence-corrected chi connectivity index (χ2v) is 6.63. The molecule has 3 unspecified atom stereocenters. The summed E-state index contributed by atoms with van der Waals surface area (Å²) in [5, 5.41) is 0. The molecule has 2 heterocycles. The molecule has 0 spiro atoms. The van der Waals surface area contributed by atoms with Crippen LogP contribution < -0.4 is 9.47 Å². The second kappa shape index (κ2) is 6.59. The predicted molar refractivity (Wildman–Crippen MR) is 90.7 cm³/mol. The lowest BCUT2D eigenvalue weighted by Crippen LogP contribution is -2.39. The number of carbonyl (C=O) groups is 1. The molecule has 25 heavy (non-hydrogen) atoms. The smallest absolute Gasteiger partial charge is 0.293 e. The van der Waals surface area contributed by atoms with Crippen molar-refractivity contribution in [1.29, 1.82) is 0 Å². The van der Waals surface area contributed by atoms with Crippen LogP contribution in [0.1, 0.15) is 30.4 Å². The van der Waals surface area contributed by atoms with E-state index in [1.54, 1.807) is 7.11 Å². The molecule has 4 rings (SSSR count). The number of hydrogen-bond acceptors (Lipinski definition) is 6.